The van der Waals surface area contributed by atoms with Crippen molar-refractivity contribution in [3.05, 3.63) is 95.1 Å². The lowest BCUT2D eigenvalue weighted by atomic mass is 10.1. The van der Waals surface area contributed by atoms with E-state index in [4.69, 9.17) is 12.2 Å². The Labute approximate surface area is 187 Å². The molecule has 158 valence electrons. The van der Waals surface area contributed by atoms with E-state index in [9.17, 15) is 24.3 Å². The van der Waals surface area contributed by atoms with Gasteiger partial charge in [0.2, 0.25) is 0 Å². The van der Waals surface area contributed by atoms with Gasteiger partial charge in [-0.15, -0.1) is 0 Å². The van der Waals surface area contributed by atoms with Crippen LogP contribution < -0.4 is 15.5 Å². The summed E-state index contributed by atoms with van der Waals surface area (Å²) in [5.41, 5.74) is 0.877. The monoisotopic (exact) mass is 445 g/mol. The van der Waals surface area contributed by atoms with Gasteiger partial charge in [-0.1, -0.05) is 36.4 Å². The Kier molecular flexibility index (Phi) is 5.48. The topological polar surface area (TPSA) is 116 Å². The summed E-state index contributed by atoms with van der Waals surface area (Å²) in [5, 5.41) is 14.3. The van der Waals surface area contributed by atoms with Gasteiger partial charge in [0.1, 0.15) is 0 Å². The van der Waals surface area contributed by atoms with Crippen LogP contribution >= 0.6 is 12.2 Å². The molecule has 0 spiro atoms. The molecule has 0 atom stereocenters. The molecule has 3 aromatic rings. The second-order valence-electron chi connectivity index (χ2n) is 6.77. The van der Waals surface area contributed by atoms with Crippen molar-refractivity contribution in [2.24, 2.45) is 0 Å². The minimum atomic E-state index is -1.15. The molecule has 1 aliphatic rings. The summed E-state index contributed by atoms with van der Waals surface area (Å²) in [6, 6.07) is 18.7. The first-order valence-electron chi connectivity index (χ1n) is 9.40. The number of rotatable bonds is 4. The molecule has 9 heteroatoms. The Bertz CT molecular complexity index is 1270. The number of fused-ring (bicyclic) bond motifs is 1. The standard InChI is InChI=1S/C23H15N3O5S/c27-19(25-23(32)24-17-11-5-3-9-15(17)22(30)31)16-10-4-6-12-18(16)26-20(28)13-7-1-2-8-14(13)21(26)29/h1-12H,(H,30,31)(H2,24,25,27,32). The van der Waals surface area contributed by atoms with Gasteiger partial charge in [-0.3, -0.25) is 19.7 Å². The van der Waals surface area contributed by atoms with Crippen molar-refractivity contribution in [3.8, 4) is 0 Å². The van der Waals surface area contributed by atoms with Crippen LogP contribution in [0.25, 0.3) is 0 Å². The summed E-state index contributed by atoms with van der Waals surface area (Å²) in [5.74, 6) is -2.87. The number of benzene rings is 3. The molecule has 0 radical (unpaired) electrons. The van der Waals surface area contributed by atoms with E-state index < -0.39 is 23.7 Å². The third kappa shape index (κ3) is 3.72. The Balaban J connectivity index is 1.58. The SMILES string of the molecule is O=C(O)c1ccccc1NC(=S)NC(=O)c1ccccc1N1C(=O)c2ccccc2C1=O. The van der Waals surface area contributed by atoms with E-state index >= 15 is 0 Å². The van der Waals surface area contributed by atoms with Gasteiger partial charge < -0.3 is 10.4 Å². The second kappa shape index (κ2) is 8.40. The van der Waals surface area contributed by atoms with E-state index in [1.807, 2.05) is 0 Å². The lowest BCUT2D eigenvalue weighted by Gasteiger charge is -2.18. The molecule has 0 bridgehead atoms. The average Bonchev–Trinajstić information content (AvgIpc) is 3.04. The highest BCUT2D eigenvalue weighted by Crippen LogP contribution is 2.30. The Morgan fingerprint density at radius 2 is 1.31 bits per heavy atom. The van der Waals surface area contributed by atoms with Gasteiger partial charge in [0, 0.05) is 0 Å². The van der Waals surface area contributed by atoms with Gasteiger partial charge in [0.15, 0.2) is 5.11 Å². The number of amides is 3. The third-order valence-electron chi connectivity index (χ3n) is 4.82. The summed E-state index contributed by atoms with van der Waals surface area (Å²) >= 11 is 5.16. The molecule has 1 heterocycles. The molecule has 1 aliphatic heterocycles. The lowest BCUT2D eigenvalue weighted by molar-refractivity contribution is 0.0697. The van der Waals surface area contributed by atoms with Crippen LogP contribution in [0, 0.1) is 0 Å². The minimum absolute atomic E-state index is 0.0180. The predicted molar refractivity (Wildman–Crippen MR) is 121 cm³/mol. The minimum Gasteiger partial charge on any atom is -0.478 e. The van der Waals surface area contributed by atoms with Gasteiger partial charge in [-0.05, 0) is 48.6 Å². The van der Waals surface area contributed by atoms with Gasteiger partial charge in [-0.25, -0.2) is 9.69 Å². The second-order valence-corrected chi connectivity index (χ2v) is 7.18. The molecule has 0 unspecified atom stereocenters. The molecule has 3 aromatic carbocycles. The molecule has 0 saturated heterocycles. The predicted octanol–water partition coefficient (Wildman–Crippen LogP) is 3.31. The maximum Gasteiger partial charge on any atom is 0.337 e. The summed E-state index contributed by atoms with van der Waals surface area (Å²) in [7, 11) is 0. The molecule has 8 nitrogen and oxygen atoms in total. The Hall–Kier alpha value is -4.37. The number of anilines is 2. The summed E-state index contributed by atoms with van der Waals surface area (Å²) < 4.78 is 0. The fraction of sp³-hybridized carbons (Fsp3) is 0. The van der Waals surface area contributed by atoms with Crippen LogP contribution in [-0.4, -0.2) is 33.9 Å². The van der Waals surface area contributed by atoms with Crippen LogP contribution in [0.4, 0.5) is 11.4 Å². The molecule has 0 saturated carbocycles. The van der Waals surface area contributed by atoms with E-state index in [1.54, 1.807) is 48.5 Å². The summed E-state index contributed by atoms with van der Waals surface area (Å²) in [6.45, 7) is 0. The zero-order valence-electron chi connectivity index (χ0n) is 16.4. The molecular formula is C23H15N3O5S. The number of carbonyl (C=O) groups excluding carboxylic acids is 3. The zero-order valence-corrected chi connectivity index (χ0v) is 17.2. The fourth-order valence-corrected chi connectivity index (χ4v) is 3.57. The molecule has 0 aromatic heterocycles. The first kappa shape index (κ1) is 20.9. The highest BCUT2D eigenvalue weighted by molar-refractivity contribution is 7.80. The number of imide groups is 1. The molecule has 0 aliphatic carbocycles. The average molecular weight is 445 g/mol. The van der Waals surface area contributed by atoms with Gasteiger partial charge in [-0.2, -0.15) is 0 Å². The maximum atomic E-state index is 12.9. The van der Waals surface area contributed by atoms with E-state index in [0.29, 0.717) is 0 Å². The number of thiocarbonyl (C=S) groups is 1. The van der Waals surface area contributed by atoms with E-state index in [-0.39, 0.29) is 38.7 Å². The van der Waals surface area contributed by atoms with Crippen molar-refractivity contribution in [1.82, 2.24) is 5.32 Å². The van der Waals surface area contributed by atoms with Crippen LogP contribution in [0.1, 0.15) is 41.4 Å². The van der Waals surface area contributed by atoms with E-state index in [0.717, 1.165) is 4.90 Å². The smallest absolute Gasteiger partial charge is 0.337 e. The number of nitrogens with zero attached hydrogens (tertiary/aromatic N) is 1. The van der Waals surface area contributed by atoms with Crippen LogP contribution in [0.3, 0.4) is 0 Å². The van der Waals surface area contributed by atoms with Crippen LogP contribution in [0.15, 0.2) is 72.8 Å². The van der Waals surface area contributed by atoms with Crippen molar-refractivity contribution in [3.63, 3.8) is 0 Å². The summed E-state index contributed by atoms with van der Waals surface area (Å²) in [4.78, 5) is 50.9. The Morgan fingerprint density at radius 3 is 1.94 bits per heavy atom. The van der Waals surface area contributed by atoms with Crippen molar-refractivity contribution in [1.29, 1.82) is 0 Å². The lowest BCUT2D eigenvalue weighted by Crippen LogP contribution is -2.37. The number of hydrogen-bond donors (Lipinski definition) is 3. The van der Waals surface area contributed by atoms with E-state index in [2.05, 4.69) is 10.6 Å². The van der Waals surface area contributed by atoms with Crippen molar-refractivity contribution >= 4 is 52.4 Å². The molecule has 4 rings (SSSR count). The largest absolute Gasteiger partial charge is 0.478 e. The van der Waals surface area contributed by atoms with Crippen molar-refractivity contribution in [2.75, 3.05) is 10.2 Å². The Morgan fingerprint density at radius 1 is 0.781 bits per heavy atom. The van der Waals surface area contributed by atoms with Gasteiger partial charge >= 0.3 is 5.97 Å². The number of nitrogens with one attached hydrogen (secondary N) is 2. The van der Waals surface area contributed by atoms with Gasteiger partial charge in [0.05, 0.1) is 33.6 Å². The summed E-state index contributed by atoms with van der Waals surface area (Å²) in [6.07, 6.45) is 0. The number of para-hydroxylation sites is 2. The first-order valence-corrected chi connectivity index (χ1v) is 9.81. The van der Waals surface area contributed by atoms with Crippen LogP contribution in [-0.2, 0) is 0 Å². The molecule has 0 fully saturated rings. The van der Waals surface area contributed by atoms with Crippen molar-refractivity contribution < 1.29 is 24.3 Å². The highest BCUT2D eigenvalue weighted by atomic mass is 32.1. The zero-order chi connectivity index (χ0) is 22.8. The number of aromatic carboxylic acids is 1. The number of hydrogen-bond acceptors (Lipinski definition) is 5. The third-order valence-corrected chi connectivity index (χ3v) is 5.02. The molecule has 32 heavy (non-hydrogen) atoms. The molecule has 3 amide bonds. The van der Waals surface area contributed by atoms with Crippen LogP contribution in [0.2, 0.25) is 0 Å². The molecule has 3 N–H and O–H groups in total. The maximum absolute atomic E-state index is 12.9. The normalized spacial score (nSPS) is 12.3. The van der Waals surface area contributed by atoms with Crippen molar-refractivity contribution in [2.45, 2.75) is 0 Å². The quantitative estimate of drug-likeness (QED) is 0.417. The van der Waals surface area contributed by atoms with Crippen LogP contribution in [0.5, 0.6) is 0 Å². The highest BCUT2D eigenvalue weighted by Gasteiger charge is 2.38. The number of carbonyl (C=O) groups is 4. The molecular weight excluding hydrogens is 430 g/mol. The number of carboxylic acid groups (broad SMARTS) is 1. The van der Waals surface area contributed by atoms with E-state index in [1.165, 1.54) is 24.3 Å². The van der Waals surface area contributed by atoms with Gasteiger partial charge in [0.25, 0.3) is 17.7 Å². The number of carboxylic acids is 1. The first-order chi connectivity index (χ1) is 15.4. The fourth-order valence-electron chi connectivity index (χ4n) is 3.37.